The van der Waals surface area contributed by atoms with E-state index in [4.69, 9.17) is 4.74 Å². The molecule has 0 amide bonds. The fraction of sp³-hybridized carbons (Fsp3) is 1.00. The highest BCUT2D eigenvalue weighted by atomic mass is 16.5. The fourth-order valence-electron chi connectivity index (χ4n) is 4.94. The molecule has 3 fully saturated rings. The van der Waals surface area contributed by atoms with Gasteiger partial charge in [0.15, 0.2) is 0 Å². The van der Waals surface area contributed by atoms with E-state index >= 15 is 0 Å². The van der Waals surface area contributed by atoms with Crippen LogP contribution in [0.15, 0.2) is 0 Å². The molecular formula is C18H32O2. The first-order chi connectivity index (χ1) is 9.79. The SMILES string of the molecule is OC(C1CCCCCC1)C1CCOC2(CCCCC2)C1. The molecule has 0 bridgehead atoms. The molecule has 2 heteroatoms. The van der Waals surface area contributed by atoms with Crippen LogP contribution in [0.25, 0.3) is 0 Å². The van der Waals surface area contributed by atoms with Crippen molar-refractivity contribution in [2.75, 3.05) is 6.61 Å². The van der Waals surface area contributed by atoms with Crippen LogP contribution in [-0.2, 0) is 4.74 Å². The summed E-state index contributed by atoms with van der Waals surface area (Å²) < 4.78 is 6.19. The van der Waals surface area contributed by atoms with Crippen molar-refractivity contribution in [1.82, 2.24) is 0 Å². The van der Waals surface area contributed by atoms with Gasteiger partial charge in [0.1, 0.15) is 0 Å². The standard InChI is InChI=1S/C18H32O2/c19-17(15-8-4-1-2-5-9-15)16-10-13-20-18(14-16)11-6-3-7-12-18/h15-17,19H,1-14H2. The second-order valence-electron chi connectivity index (χ2n) is 7.59. The van der Waals surface area contributed by atoms with E-state index in [-0.39, 0.29) is 11.7 Å². The van der Waals surface area contributed by atoms with E-state index in [1.54, 1.807) is 0 Å². The third-order valence-corrected chi connectivity index (χ3v) is 6.16. The van der Waals surface area contributed by atoms with Gasteiger partial charge in [0.2, 0.25) is 0 Å². The molecule has 1 spiro atoms. The van der Waals surface area contributed by atoms with Gasteiger partial charge in [0.25, 0.3) is 0 Å². The minimum Gasteiger partial charge on any atom is -0.393 e. The Bertz CT molecular complexity index is 282. The number of aliphatic hydroxyl groups excluding tert-OH is 1. The lowest BCUT2D eigenvalue weighted by Crippen LogP contribution is -2.45. The molecule has 116 valence electrons. The summed E-state index contributed by atoms with van der Waals surface area (Å²) >= 11 is 0. The van der Waals surface area contributed by atoms with Gasteiger partial charge in [-0.05, 0) is 50.4 Å². The number of rotatable bonds is 2. The van der Waals surface area contributed by atoms with Crippen LogP contribution in [0.2, 0.25) is 0 Å². The molecule has 1 saturated heterocycles. The third-order valence-electron chi connectivity index (χ3n) is 6.16. The lowest BCUT2D eigenvalue weighted by molar-refractivity contribution is -0.139. The van der Waals surface area contributed by atoms with Crippen LogP contribution >= 0.6 is 0 Å². The van der Waals surface area contributed by atoms with E-state index in [0.29, 0.717) is 11.8 Å². The summed E-state index contributed by atoms with van der Waals surface area (Å²) in [5, 5.41) is 10.9. The molecule has 0 radical (unpaired) electrons. The van der Waals surface area contributed by atoms with Crippen LogP contribution in [0.5, 0.6) is 0 Å². The summed E-state index contributed by atoms with van der Waals surface area (Å²) in [5.74, 6) is 1.08. The number of hydrogen-bond acceptors (Lipinski definition) is 2. The van der Waals surface area contributed by atoms with E-state index < -0.39 is 0 Å². The summed E-state index contributed by atoms with van der Waals surface area (Å²) in [7, 11) is 0. The van der Waals surface area contributed by atoms with Gasteiger partial charge in [-0.3, -0.25) is 0 Å². The maximum atomic E-state index is 10.9. The maximum Gasteiger partial charge on any atom is 0.0686 e. The molecule has 1 N–H and O–H groups in total. The Labute approximate surface area is 124 Å². The molecule has 2 atom stereocenters. The lowest BCUT2D eigenvalue weighted by atomic mass is 9.72. The highest BCUT2D eigenvalue weighted by Crippen LogP contribution is 2.43. The van der Waals surface area contributed by atoms with Crippen molar-refractivity contribution in [3.63, 3.8) is 0 Å². The third kappa shape index (κ3) is 3.39. The topological polar surface area (TPSA) is 29.5 Å². The number of ether oxygens (including phenoxy) is 1. The van der Waals surface area contributed by atoms with E-state index in [1.807, 2.05) is 0 Å². The van der Waals surface area contributed by atoms with E-state index in [2.05, 4.69) is 0 Å². The molecule has 3 aliphatic rings. The molecule has 2 saturated carbocycles. The monoisotopic (exact) mass is 280 g/mol. The molecule has 20 heavy (non-hydrogen) atoms. The van der Waals surface area contributed by atoms with E-state index in [9.17, 15) is 5.11 Å². The van der Waals surface area contributed by atoms with Gasteiger partial charge in [-0.2, -0.15) is 0 Å². The second-order valence-corrected chi connectivity index (χ2v) is 7.59. The molecule has 1 heterocycles. The van der Waals surface area contributed by atoms with Gasteiger partial charge in [-0.15, -0.1) is 0 Å². The van der Waals surface area contributed by atoms with Crippen LogP contribution in [0.1, 0.15) is 83.5 Å². The Morgan fingerprint density at radius 3 is 2.15 bits per heavy atom. The Kier molecular flexibility index (Phi) is 5.04. The van der Waals surface area contributed by atoms with Gasteiger partial charge in [0.05, 0.1) is 11.7 Å². The normalized spacial score (nSPS) is 33.8. The van der Waals surface area contributed by atoms with Crippen molar-refractivity contribution in [3.8, 4) is 0 Å². The second kappa shape index (κ2) is 6.79. The highest BCUT2D eigenvalue weighted by Gasteiger charge is 2.41. The Morgan fingerprint density at radius 2 is 1.45 bits per heavy atom. The summed E-state index contributed by atoms with van der Waals surface area (Å²) in [6.45, 7) is 0.883. The zero-order chi connectivity index (χ0) is 13.8. The molecule has 0 aromatic carbocycles. The van der Waals surface area contributed by atoms with E-state index in [0.717, 1.165) is 19.4 Å². The zero-order valence-corrected chi connectivity index (χ0v) is 13.0. The van der Waals surface area contributed by atoms with Crippen molar-refractivity contribution in [1.29, 1.82) is 0 Å². The summed E-state index contributed by atoms with van der Waals surface area (Å²) in [5.41, 5.74) is 0.146. The minimum absolute atomic E-state index is 0.0594. The van der Waals surface area contributed by atoms with Crippen molar-refractivity contribution in [2.24, 2.45) is 11.8 Å². The first kappa shape index (κ1) is 14.8. The Morgan fingerprint density at radius 1 is 0.800 bits per heavy atom. The lowest BCUT2D eigenvalue weighted by Gasteiger charge is -2.45. The average molecular weight is 280 g/mol. The van der Waals surface area contributed by atoms with Crippen LogP contribution in [-0.4, -0.2) is 23.4 Å². The van der Waals surface area contributed by atoms with Gasteiger partial charge in [-0.1, -0.05) is 44.9 Å². The number of hydrogen-bond donors (Lipinski definition) is 1. The fourth-order valence-corrected chi connectivity index (χ4v) is 4.94. The summed E-state index contributed by atoms with van der Waals surface area (Å²) in [6, 6.07) is 0. The van der Waals surface area contributed by atoms with Crippen molar-refractivity contribution >= 4 is 0 Å². The van der Waals surface area contributed by atoms with Crippen molar-refractivity contribution in [2.45, 2.75) is 95.2 Å². The molecule has 2 nitrogen and oxygen atoms in total. The largest absolute Gasteiger partial charge is 0.393 e. The molecular weight excluding hydrogens is 248 g/mol. The van der Waals surface area contributed by atoms with Crippen molar-refractivity contribution in [3.05, 3.63) is 0 Å². The molecule has 2 aliphatic carbocycles. The van der Waals surface area contributed by atoms with Gasteiger partial charge in [0, 0.05) is 6.61 Å². The molecule has 1 aliphatic heterocycles. The van der Waals surface area contributed by atoms with Gasteiger partial charge in [-0.25, -0.2) is 0 Å². The molecule has 3 rings (SSSR count). The predicted octanol–water partition coefficient (Wildman–Crippen LogP) is 4.45. The first-order valence-electron chi connectivity index (χ1n) is 9.11. The van der Waals surface area contributed by atoms with Gasteiger partial charge >= 0.3 is 0 Å². The molecule has 0 aromatic heterocycles. The van der Waals surface area contributed by atoms with Crippen LogP contribution in [0.3, 0.4) is 0 Å². The minimum atomic E-state index is -0.0594. The number of aliphatic hydroxyl groups is 1. The van der Waals surface area contributed by atoms with Crippen LogP contribution in [0, 0.1) is 11.8 Å². The molecule has 0 aromatic rings. The smallest absolute Gasteiger partial charge is 0.0686 e. The average Bonchev–Trinajstić information content (AvgIpc) is 2.76. The van der Waals surface area contributed by atoms with Crippen LogP contribution < -0.4 is 0 Å². The van der Waals surface area contributed by atoms with Crippen molar-refractivity contribution < 1.29 is 9.84 Å². The van der Waals surface area contributed by atoms with Gasteiger partial charge < -0.3 is 9.84 Å². The Balaban J connectivity index is 1.60. The maximum absolute atomic E-state index is 10.9. The molecule has 2 unspecified atom stereocenters. The van der Waals surface area contributed by atoms with Crippen LogP contribution in [0.4, 0.5) is 0 Å². The highest BCUT2D eigenvalue weighted by molar-refractivity contribution is 4.92. The van der Waals surface area contributed by atoms with E-state index in [1.165, 1.54) is 70.6 Å². The summed E-state index contributed by atoms with van der Waals surface area (Å²) in [6.07, 6.45) is 16.6. The zero-order valence-electron chi connectivity index (χ0n) is 13.0. The quantitative estimate of drug-likeness (QED) is 0.757. The first-order valence-corrected chi connectivity index (χ1v) is 9.11. The predicted molar refractivity (Wildman–Crippen MR) is 81.7 cm³/mol. The Hall–Kier alpha value is -0.0800. The summed E-state index contributed by atoms with van der Waals surface area (Å²) in [4.78, 5) is 0.